The quantitative estimate of drug-likeness (QED) is 0.880. The van der Waals surface area contributed by atoms with E-state index in [-0.39, 0.29) is 0 Å². The lowest BCUT2D eigenvalue weighted by molar-refractivity contribution is 0.124. The van der Waals surface area contributed by atoms with Crippen LogP contribution in [0.3, 0.4) is 0 Å². The van der Waals surface area contributed by atoms with Gasteiger partial charge in [0.15, 0.2) is 0 Å². The zero-order chi connectivity index (χ0) is 13.7. The van der Waals surface area contributed by atoms with Crippen molar-refractivity contribution in [1.82, 2.24) is 4.90 Å². The fourth-order valence-electron chi connectivity index (χ4n) is 3.36. The van der Waals surface area contributed by atoms with E-state index in [1.54, 1.807) is 0 Å². The highest BCUT2D eigenvalue weighted by Gasteiger charge is 2.31. The van der Waals surface area contributed by atoms with Crippen LogP contribution < -0.4 is 5.73 Å². The Hall–Kier alpha value is -0.860. The summed E-state index contributed by atoms with van der Waals surface area (Å²) in [6, 6.07) is 8.87. The van der Waals surface area contributed by atoms with Crippen LogP contribution in [0.25, 0.3) is 0 Å². The van der Waals surface area contributed by atoms with Gasteiger partial charge in [0.05, 0.1) is 0 Å². The summed E-state index contributed by atoms with van der Waals surface area (Å²) in [6.07, 6.45) is 6.72. The van der Waals surface area contributed by atoms with Crippen LogP contribution in [0.1, 0.15) is 43.2 Å². The molecule has 1 aliphatic rings. The van der Waals surface area contributed by atoms with E-state index in [4.69, 9.17) is 5.73 Å². The fraction of sp³-hybridized carbons (Fsp3) is 0.647. The van der Waals surface area contributed by atoms with E-state index in [9.17, 15) is 0 Å². The number of nitrogens with two attached hydrogens (primary N) is 1. The molecule has 106 valence electrons. The van der Waals surface area contributed by atoms with Crippen LogP contribution in [-0.4, -0.2) is 25.0 Å². The lowest BCUT2D eigenvalue weighted by atomic mass is 9.73. The highest BCUT2D eigenvalue weighted by Crippen LogP contribution is 2.36. The molecule has 2 N–H and O–H groups in total. The topological polar surface area (TPSA) is 29.3 Å². The van der Waals surface area contributed by atoms with E-state index in [1.807, 2.05) is 0 Å². The van der Waals surface area contributed by atoms with Gasteiger partial charge in [-0.05, 0) is 44.3 Å². The predicted molar refractivity (Wildman–Crippen MR) is 82.1 cm³/mol. The summed E-state index contributed by atoms with van der Waals surface area (Å²) in [7, 11) is 2.23. The minimum Gasteiger partial charge on any atom is -0.330 e. The second-order valence-electron chi connectivity index (χ2n) is 6.42. The van der Waals surface area contributed by atoms with Gasteiger partial charge in [-0.25, -0.2) is 0 Å². The van der Waals surface area contributed by atoms with Crippen molar-refractivity contribution in [2.75, 3.05) is 20.1 Å². The van der Waals surface area contributed by atoms with Crippen molar-refractivity contribution in [3.8, 4) is 0 Å². The molecule has 0 spiro atoms. The number of aryl methyl sites for hydroxylation is 1. The highest BCUT2D eigenvalue weighted by atomic mass is 15.1. The van der Waals surface area contributed by atoms with Gasteiger partial charge in [-0.3, -0.25) is 0 Å². The SMILES string of the molecule is Cc1ccc(CN(C)CC2(CN)CCCCC2)cc1. The van der Waals surface area contributed by atoms with Crippen LogP contribution >= 0.6 is 0 Å². The average Bonchev–Trinajstić information content (AvgIpc) is 2.42. The van der Waals surface area contributed by atoms with Crippen LogP contribution in [0, 0.1) is 12.3 Å². The molecule has 2 heteroatoms. The first-order chi connectivity index (χ1) is 9.13. The normalized spacial score (nSPS) is 18.7. The summed E-state index contributed by atoms with van der Waals surface area (Å²) >= 11 is 0. The van der Waals surface area contributed by atoms with Crippen molar-refractivity contribution < 1.29 is 0 Å². The molecule has 0 radical (unpaired) electrons. The number of rotatable bonds is 5. The molecule has 1 aliphatic carbocycles. The number of hydrogen-bond donors (Lipinski definition) is 1. The lowest BCUT2D eigenvalue weighted by Crippen LogP contribution is -2.42. The summed E-state index contributed by atoms with van der Waals surface area (Å²) < 4.78 is 0. The first-order valence-electron chi connectivity index (χ1n) is 7.58. The highest BCUT2D eigenvalue weighted by molar-refractivity contribution is 5.21. The number of hydrogen-bond acceptors (Lipinski definition) is 2. The molecule has 1 aromatic rings. The Morgan fingerprint density at radius 1 is 1.11 bits per heavy atom. The van der Waals surface area contributed by atoms with Gasteiger partial charge in [-0.2, -0.15) is 0 Å². The summed E-state index contributed by atoms with van der Waals surface area (Å²) in [5.74, 6) is 0. The monoisotopic (exact) mass is 260 g/mol. The Kier molecular flexibility index (Phi) is 5.00. The minimum absolute atomic E-state index is 0.373. The standard InChI is InChI=1S/C17H28N2/c1-15-6-8-16(9-7-15)12-19(2)14-17(13-18)10-4-3-5-11-17/h6-9H,3-5,10-14,18H2,1-2H3. The number of benzene rings is 1. The smallest absolute Gasteiger partial charge is 0.0230 e. The molecule has 0 aliphatic heterocycles. The third kappa shape index (κ3) is 4.05. The van der Waals surface area contributed by atoms with Crippen LogP contribution in [0.2, 0.25) is 0 Å². The van der Waals surface area contributed by atoms with Crippen LogP contribution in [0.5, 0.6) is 0 Å². The minimum atomic E-state index is 0.373. The van der Waals surface area contributed by atoms with Crippen LogP contribution in [0.15, 0.2) is 24.3 Å². The van der Waals surface area contributed by atoms with Crippen molar-refractivity contribution in [3.63, 3.8) is 0 Å². The van der Waals surface area contributed by atoms with Gasteiger partial charge >= 0.3 is 0 Å². The van der Waals surface area contributed by atoms with Crippen LogP contribution in [-0.2, 0) is 6.54 Å². The van der Waals surface area contributed by atoms with Crippen molar-refractivity contribution in [3.05, 3.63) is 35.4 Å². The van der Waals surface area contributed by atoms with E-state index in [1.165, 1.54) is 43.2 Å². The predicted octanol–water partition coefficient (Wildman–Crippen LogP) is 3.34. The van der Waals surface area contributed by atoms with Gasteiger partial charge in [0.25, 0.3) is 0 Å². The molecule has 2 nitrogen and oxygen atoms in total. The Bertz CT molecular complexity index is 377. The Morgan fingerprint density at radius 2 is 1.74 bits per heavy atom. The van der Waals surface area contributed by atoms with E-state index in [2.05, 4.69) is 43.1 Å². The third-order valence-corrected chi connectivity index (χ3v) is 4.53. The third-order valence-electron chi connectivity index (χ3n) is 4.53. The molecule has 1 fully saturated rings. The molecule has 2 rings (SSSR count). The summed E-state index contributed by atoms with van der Waals surface area (Å²) in [6.45, 7) is 5.14. The first-order valence-corrected chi connectivity index (χ1v) is 7.58. The molecule has 1 saturated carbocycles. The molecule has 0 heterocycles. The maximum Gasteiger partial charge on any atom is 0.0230 e. The Balaban J connectivity index is 1.92. The van der Waals surface area contributed by atoms with Gasteiger partial charge in [0.1, 0.15) is 0 Å². The first kappa shape index (κ1) is 14.5. The lowest BCUT2D eigenvalue weighted by Gasteiger charge is -2.39. The van der Waals surface area contributed by atoms with E-state index < -0.39 is 0 Å². The molecule has 0 atom stereocenters. The average molecular weight is 260 g/mol. The zero-order valence-corrected chi connectivity index (χ0v) is 12.5. The second kappa shape index (κ2) is 6.53. The van der Waals surface area contributed by atoms with E-state index in [0.29, 0.717) is 5.41 Å². The van der Waals surface area contributed by atoms with Crippen molar-refractivity contribution in [2.45, 2.75) is 45.6 Å². The molecule has 1 aromatic carbocycles. The molecule has 0 bridgehead atoms. The Labute approximate surface area is 118 Å². The maximum absolute atomic E-state index is 6.07. The van der Waals surface area contributed by atoms with Crippen molar-refractivity contribution >= 4 is 0 Å². The van der Waals surface area contributed by atoms with Gasteiger partial charge in [0, 0.05) is 13.1 Å². The second-order valence-corrected chi connectivity index (χ2v) is 6.42. The van der Waals surface area contributed by atoms with E-state index >= 15 is 0 Å². The Morgan fingerprint density at radius 3 is 2.32 bits per heavy atom. The van der Waals surface area contributed by atoms with Gasteiger partial charge < -0.3 is 10.6 Å². The molecule has 19 heavy (non-hydrogen) atoms. The van der Waals surface area contributed by atoms with Gasteiger partial charge in [-0.1, -0.05) is 49.1 Å². The summed E-state index contributed by atoms with van der Waals surface area (Å²) in [5, 5.41) is 0. The van der Waals surface area contributed by atoms with Crippen LogP contribution in [0.4, 0.5) is 0 Å². The van der Waals surface area contributed by atoms with Gasteiger partial charge in [0.2, 0.25) is 0 Å². The van der Waals surface area contributed by atoms with Crippen molar-refractivity contribution in [1.29, 1.82) is 0 Å². The molecular formula is C17H28N2. The number of nitrogens with zero attached hydrogens (tertiary/aromatic N) is 1. The molecule has 0 unspecified atom stereocenters. The summed E-state index contributed by atoms with van der Waals surface area (Å²) in [4.78, 5) is 2.45. The molecular weight excluding hydrogens is 232 g/mol. The largest absolute Gasteiger partial charge is 0.330 e. The molecule has 0 saturated heterocycles. The maximum atomic E-state index is 6.07. The molecule has 0 aromatic heterocycles. The fourth-order valence-corrected chi connectivity index (χ4v) is 3.36. The summed E-state index contributed by atoms with van der Waals surface area (Å²) in [5.41, 5.74) is 9.18. The van der Waals surface area contributed by atoms with E-state index in [0.717, 1.165) is 19.6 Å². The van der Waals surface area contributed by atoms with Crippen molar-refractivity contribution in [2.24, 2.45) is 11.1 Å². The van der Waals surface area contributed by atoms with Gasteiger partial charge in [-0.15, -0.1) is 0 Å². The zero-order valence-electron chi connectivity index (χ0n) is 12.5. The molecule has 0 amide bonds.